The van der Waals surface area contributed by atoms with Crippen molar-refractivity contribution in [2.75, 3.05) is 12.3 Å². The van der Waals surface area contributed by atoms with Gasteiger partial charge in [0.2, 0.25) is 0 Å². The Hall–Kier alpha value is -0.610. The number of hydrogen-bond acceptors (Lipinski definition) is 4. The van der Waals surface area contributed by atoms with Crippen molar-refractivity contribution in [3.63, 3.8) is 0 Å². The summed E-state index contributed by atoms with van der Waals surface area (Å²) in [6.45, 7) is 2.87. The third kappa shape index (κ3) is 3.19. The monoisotopic (exact) mass is 183 g/mol. The first kappa shape index (κ1) is 9.48. The SMILES string of the molecule is CC(CN)CSc1ccncn1. The largest absolute Gasteiger partial charge is 0.330 e. The van der Waals surface area contributed by atoms with E-state index in [0.717, 1.165) is 17.3 Å². The molecule has 1 aromatic heterocycles. The van der Waals surface area contributed by atoms with E-state index in [2.05, 4.69) is 16.9 Å². The summed E-state index contributed by atoms with van der Waals surface area (Å²) >= 11 is 1.72. The number of nitrogens with zero attached hydrogens (tertiary/aromatic N) is 2. The van der Waals surface area contributed by atoms with Gasteiger partial charge in [0.05, 0.1) is 5.03 Å². The molecule has 0 amide bonds. The Morgan fingerprint density at radius 2 is 2.50 bits per heavy atom. The molecule has 1 rings (SSSR count). The van der Waals surface area contributed by atoms with Crippen LogP contribution in [0.3, 0.4) is 0 Å². The van der Waals surface area contributed by atoms with Crippen molar-refractivity contribution in [2.45, 2.75) is 11.9 Å². The van der Waals surface area contributed by atoms with Crippen molar-refractivity contribution in [3.8, 4) is 0 Å². The summed E-state index contributed by atoms with van der Waals surface area (Å²) in [5, 5.41) is 1.02. The van der Waals surface area contributed by atoms with Gasteiger partial charge in [0.25, 0.3) is 0 Å². The first-order chi connectivity index (χ1) is 5.83. The van der Waals surface area contributed by atoms with E-state index < -0.39 is 0 Å². The van der Waals surface area contributed by atoms with E-state index in [1.54, 1.807) is 24.3 Å². The predicted molar refractivity (Wildman–Crippen MR) is 51.0 cm³/mol. The van der Waals surface area contributed by atoms with E-state index in [4.69, 9.17) is 5.73 Å². The molecule has 2 N–H and O–H groups in total. The number of hydrogen-bond donors (Lipinski definition) is 1. The summed E-state index contributed by atoms with van der Waals surface area (Å²) in [5.74, 6) is 1.57. The van der Waals surface area contributed by atoms with Gasteiger partial charge in [-0.15, -0.1) is 11.8 Å². The van der Waals surface area contributed by atoms with Gasteiger partial charge in [-0.3, -0.25) is 0 Å². The molecule has 0 saturated heterocycles. The average molecular weight is 183 g/mol. The van der Waals surface area contributed by atoms with Crippen molar-refractivity contribution in [3.05, 3.63) is 18.6 Å². The van der Waals surface area contributed by atoms with Crippen LogP contribution in [0.15, 0.2) is 23.6 Å². The van der Waals surface area contributed by atoms with Crippen LogP contribution in [0.4, 0.5) is 0 Å². The molecule has 1 atom stereocenters. The Kier molecular flexibility index (Phi) is 4.04. The van der Waals surface area contributed by atoms with Gasteiger partial charge in [-0.2, -0.15) is 0 Å². The number of rotatable bonds is 4. The third-order valence-electron chi connectivity index (χ3n) is 1.47. The molecule has 0 aliphatic rings. The lowest BCUT2D eigenvalue weighted by Crippen LogP contribution is -2.12. The lowest BCUT2D eigenvalue weighted by Gasteiger charge is -2.05. The Morgan fingerprint density at radius 1 is 1.67 bits per heavy atom. The summed E-state index contributed by atoms with van der Waals surface area (Å²) in [6.07, 6.45) is 3.32. The highest BCUT2D eigenvalue weighted by Gasteiger charge is 2.00. The van der Waals surface area contributed by atoms with Crippen LogP contribution >= 0.6 is 11.8 Å². The fourth-order valence-electron chi connectivity index (χ4n) is 0.660. The Morgan fingerprint density at radius 3 is 3.08 bits per heavy atom. The van der Waals surface area contributed by atoms with Crippen molar-refractivity contribution < 1.29 is 0 Å². The van der Waals surface area contributed by atoms with Gasteiger partial charge in [-0.1, -0.05) is 6.92 Å². The first-order valence-electron chi connectivity index (χ1n) is 3.92. The van der Waals surface area contributed by atoms with Crippen LogP contribution in [-0.2, 0) is 0 Å². The molecule has 0 bridgehead atoms. The van der Waals surface area contributed by atoms with Gasteiger partial charge in [0.15, 0.2) is 0 Å². The molecule has 0 aliphatic heterocycles. The second-order valence-corrected chi connectivity index (χ2v) is 3.74. The van der Waals surface area contributed by atoms with E-state index in [1.165, 1.54) is 0 Å². The summed E-state index contributed by atoms with van der Waals surface area (Å²) in [7, 11) is 0. The Balaban J connectivity index is 2.33. The number of aromatic nitrogens is 2. The van der Waals surface area contributed by atoms with Crippen LogP contribution in [-0.4, -0.2) is 22.3 Å². The van der Waals surface area contributed by atoms with Gasteiger partial charge < -0.3 is 5.73 Å². The minimum Gasteiger partial charge on any atom is -0.330 e. The molecule has 0 aromatic carbocycles. The predicted octanol–water partition coefficient (Wildman–Crippen LogP) is 1.16. The highest BCUT2D eigenvalue weighted by Crippen LogP contribution is 2.16. The first-order valence-corrected chi connectivity index (χ1v) is 4.90. The van der Waals surface area contributed by atoms with E-state index in [1.807, 2.05) is 6.07 Å². The van der Waals surface area contributed by atoms with Gasteiger partial charge in [-0.05, 0) is 18.5 Å². The molecule has 1 unspecified atom stereocenters. The Labute approximate surface area is 76.8 Å². The maximum atomic E-state index is 5.49. The van der Waals surface area contributed by atoms with Crippen LogP contribution < -0.4 is 5.73 Å². The molecule has 0 aliphatic carbocycles. The maximum Gasteiger partial charge on any atom is 0.116 e. The molecule has 3 nitrogen and oxygen atoms in total. The van der Waals surface area contributed by atoms with Gasteiger partial charge >= 0.3 is 0 Å². The highest BCUT2D eigenvalue weighted by atomic mass is 32.2. The Bertz CT molecular complexity index is 215. The third-order valence-corrected chi connectivity index (χ3v) is 2.75. The van der Waals surface area contributed by atoms with Crippen molar-refractivity contribution in [1.82, 2.24) is 9.97 Å². The molecule has 0 spiro atoms. The van der Waals surface area contributed by atoms with Crippen LogP contribution in [0, 0.1) is 5.92 Å². The quantitative estimate of drug-likeness (QED) is 0.562. The number of nitrogens with two attached hydrogens (primary N) is 1. The molecule has 0 fully saturated rings. The van der Waals surface area contributed by atoms with Crippen LogP contribution in [0.25, 0.3) is 0 Å². The molecule has 66 valence electrons. The highest BCUT2D eigenvalue weighted by molar-refractivity contribution is 7.99. The van der Waals surface area contributed by atoms with Crippen molar-refractivity contribution in [1.29, 1.82) is 0 Å². The fraction of sp³-hybridized carbons (Fsp3) is 0.500. The van der Waals surface area contributed by atoms with Crippen molar-refractivity contribution in [2.24, 2.45) is 11.7 Å². The average Bonchev–Trinajstić information content (AvgIpc) is 2.16. The standard InChI is InChI=1S/C8H13N3S/c1-7(4-9)5-12-8-2-3-10-6-11-8/h2-3,6-7H,4-5,9H2,1H3. The van der Waals surface area contributed by atoms with Gasteiger partial charge in [0.1, 0.15) is 6.33 Å². The maximum absolute atomic E-state index is 5.49. The second-order valence-electron chi connectivity index (χ2n) is 2.70. The summed E-state index contributed by atoms with van der Waals surface area (Å²) in [5.41, 5.74) is 5.49. The lowest BCUT2D eigenvalue weighted by atomic mass is 10.2. The smallest absolute Gasteiger partial charge is 0.116 e. The topological polar surface area (TPSA) is 51.8 Å². The normalized spacial score (nSPS) is 12.8. The minimum atomic E-state index is 0.546. The number of thioether (sulfide) groups is 1. The minimum absolute atomic E-state index is 0.546. The molecule has 0 saturated carbocycles. The molecule has 12 heavy (non-hydrogen) atoms. The van der Waals surface area contributed by atoms with Gasteiger partial charge in [-0.25, -0.2) is 9.97 Å². The van der Waals surface area contributed by atoms with Crippen LogP contribution in [0.5, 0.6) is 0 Å². The van der Waals surface area contributed by atoms with Crippen LogP contribution in [0.2, 0.25) is 0 Å². The van der Waals surface area contributed by atoms with E-state index in [9.17, 15) is 0 Å². The second kappa shape index (κ2) is 5.11. The van der Waals surface area contributed by atoms with E-state index in [-0.39, 0.29) is 0 Å². The molecule has 1 heterocycles. The van der Waals surface area contributed by atoms with E-state index >= 15 is 0 Å². The van der Waals surface area contributed by atoms with Gasteiger partial charge in [0, 0.05) is 11.9 Å². The molecular formula is C8H13N3S. The fourth-order valence-corrected chi connectivity index (χ4v) is 1.53. The summed E-state index contributed by atoms with van der Waals surface area (Å²) in [4.78, 5) is 7.94. The zero-order chi connectivity index (χ0) is 8.81. The molecule has 4 heteroatoms. The molecule has 1 aromatic rings. The molecular weight excluding hydrogens is 170 g/mol. The zero-order valence-corrected chi connectivity index (χ0v) is 7.92. The van der Waals surface area contributed by atoms with Crippen LogP contribution in [0.1, 0.15) is 6.92 Å². The summed E-state index contributed by atoms with van der Waals surface area (Å²) < 4.78 is 0. The zero-order valence-electron chi connectivity index (χ0n) is 7.10. The summed E-state index contributed by atoms with van der Waals surface area (Å²) in [6, 6.07) is 1.91. The molecule has 0 radical (unpaired) electrons. The van der Waals surface area contributed by atoms with E-state index in [0.29, 0.717) is 5.92 Å². The van der Waals surface area contributed by atoms with Crippen molar-refractivity contribution >= 4 is 11.8 Å². The lowest BCUT2D eigenvalue weighted by molar-refractivity contribution is 0.675.